The van der Waals surface area contributed by atoms with Crippen molar-refractivity contribution < 1.29 is 18.0 Å². The van der Waals surface area contributed by atoms with Crippen molar-refractivity contribution in [2.45, 2.75) is 25.8 Å². The summed E-state index contributed by atoms with van der Waals surface area (Å²) < 4.78 is 32.0. The van der Waals surface area contributed by atoms with Gasteiger partial charge in [-0.05, 0) is 43.2 Å². The molecular formula is C16H15F2NO2S. The summed E-state index contributed by atoms with van der Waals surface area (Å²) in [7, 11) is 0. The van der Waals surface area contributed by atoms with Gasteiger partial charge < -0.3 is 9.32 Å². The van der Waals surface area contributed by atoms with Gasteiger partial charge in [0, 0.05) is 6.54 Å². The van der Waals surface area contributed by atoms with Gasteiger partial charge in [0.1, 0.15) is 16.9 Å². The predicted molar refractivity (Wildman–Crippen MR) is 80.3 cm³/mol. The molecule has 1 unspecified atom stereocenters. The van der Waals surface area contributed by atoms with Gasteiger partial charge in [0.25, 0.3) is 0 Å². The number of amides is 1. The SMILES string of the molecule is Cc1cc(C2SCC(=O)N2Cc2ccc(F)c(F)c2)oc1C. The summed E-state index contributed by atoms with van der Waals surface area (Å²) in [6.07, 6.45) is 0. The highest BCUT2D eigenvalue weighted by molar-refractivity contribution is 8.00. The standard InChI is InChI=1S/C16H15F2NO2S/c1-9-5-14(21-10(9)2)16-19(15(20)8-22-16)7-11-3-4-12(17)13(18)6-11/h3-6,16H,7-8H2,1-2H3. The summed E-state index contributed by atoms with van der Waals surface area (Å²) in [5.41, 5.74) is 1.59. The quantitative estimate of drug-likeness (QED) is 0.857. The minimum absolute atomic E-state index is 0.0357. The van der Waals surface area contributed by atoms with Crippen molar-refractivity contribution in [3.05, 3.63) is 58.5 Å². The van der Waals surface area contributed by atoms with E-state index < -0.39 is 11.6 Å². The number of thioether (sulfide) groups is 1. The molecule has 0 bridgehead atoms. The summed E-state index contributed by atoms with van der Waals surface area (Å²) >= 11 is 1.48. The van der Waals surface area contributed by atoms with Crippen LogP contribution in [-0.2, 0) is 11.3 Å². The number of hydrogen-bond acceptors (Lipinski definition) is 3. The lowest BCUT2D eigenvalue weighted by atomic mass is 10.2. The summed E-state index contributed by atoms with van der Waals surface area (Å²) in [6.45, 7) is 4.05. The zero-order valence-corrected chi connectivity index (χ0v) is 13.0. The molecule has 0 spiro atoms. The maximum Gasteiger partial charge on any atom is 0.234 e. The first-order valence-corrected chi connectivity index (χ1v) is 7.92. The molecule has 0 saturated carbocycles. The van der Waals surface area contributed by atoms with Gasteiger partial charge in [-0.25, -0.2) is 8.78 Å². The smallest absolute Gasteiger partial charge is 0.234 e. The summed E-state index contributed by atoms with van der Waals surface area (Å²) in [4.78, 5) is 13.7. The number of aryl methyl sites for hydroxylation is 2. The Balaban J connectivity index is 1.86. The molecule has 0 N–H and O–H groups in total. The fourth-order valence-corrected chi connectivity index (χ4v) is 3.54. The normalized spacial score (nSPS) is 18.3. The van der Waals surface area contributed by atoms with E-state index in [1.165, 1.54) is 17.8 Å². The van der Waals surface area contributed by atoms with Crippen molar-refractivity contribution >= 4 is 17.7 Å². The van der Waals surface area contributed by atoms with E-state index in [4.69, 9.17) is 4.42 Å². The molecule has 2 aromatic rings. The molecule has 22 heavy (non-hydrogen) atoms. The van der Waals surface area contributed by atoms with Gasteiger partial charge in [-0.2, -0.15) is 0 Å². The first-order valence-electron chi connectivity index (χ1n) is 6.87. The minimum Gasteiger partial charge on any atom is -0.463 e. The van der Waals surface area contributed by atoms with E-state index in [2.05, 4.69) is 0 Å². The lowest BCUT2D eigenvalue weighted by Gasteiger charge is -2.22. The van der Waals surface area contributed by atoms with Gasteiger partial charge in [0.05, 0.1) is 5.75 Å². The number of carbonyl (C=O) groups excluding carboxylic acids is 1. The third-order valence-corrected chi connectivity index (χ3v) is 4.95. The fourth-order valence-electron chi connectivity index (χ4n) is 2.42. The molecule has 1 aliphatic heterocycles. The average Bonchev–Trinajstić information content (AvgIpc) is 2.99. The molecule has 1 amide bonds. The molecule has 1 aromatic carbocycles. The van der Waals surface area contributed by atoms with Crippen LogP contribution in [0.2, 0.25) is 0 Å². The average molecular weight is 323 g/mol. The van der Waals surface area contributed by atoms with Gasteiger partial charge in [0.15, 0.2) is 11.6 Å². The highest BCUT2D eigenvalue weighted by atomic mass is 32.2. The zero-order chi connectivity index (χ0) is 15.9. The molecule has 1 fully saturated rings. The number of benzene rings is 1. The molecule has 3 rings (SSSR count). The summed E-state index contributed by atoms with van der Waals surface area (Å²) in [6, 6.07) is 5.62. The topological polar surface area (TPSA) is 33.5 Å². The van der Waals surface area contributed by atoms with Crippen LogP contribution in [0.15, 0.2) is 28.7 Å². The second-order valence-corrected chi connectivity index (χ2v) is 6.39. The van der Waals surface area contributed by atoms with E-state index in [-0.39, 0.29) is 17.8 Å². The first kappa shape index (κ1) is 15.1. The highest BCUT2D eigenvalue weighted by Gasteiger charge is 2.35. The van der Waals surface area contributed by atoms with Crippen LogP contribution in [0.4, 0.5) is 8.78 Å². The first-order chi connectivity index (χ1) is 10.5. The van der Waals surface area contributed by atoms with Crippen LogP contribution in [0.3, 0.4) is 0 Å². The van der Waals surface area contributed by atoms with Crippen molar-refractivity contribution in [2.75, 3.05) is 5.75 Å². The van der Waals surface area contributed by atoms with E-state index in [1.807, 2.05) is 19.9 Å². The number of halogens is 2. The number of hydrogen-bond donors (Lipinski definition) is 0. The monoisotopic (exact) mass is 323 g/mol. The largest absolute Gasteiger partial charge is 0.463 e. The van der Waals surface area contributed by atoms with E-state index in [0.29, 0.717) is 17.1 Å². The van der Waals surface area contributed by atoms with Gasteiger partial charge in [-0.15, -0.1) is 11.8 Å². The van der Waals surface area contributed by atoms with Crippen LogP contribution in [0.1, 0.15) is 28.0 Å². The molecule has 2 heterocycles. The molecule has 0 aliphatic carbocycles. The molecule has 1 aromatic heterocycles. The Hall–Kier alpha value is -1.82. The van der Waals surface area contributed by atoms with Gasteiger partial charge in [-0.3, -0.25) is 4.79 Å². The molecule has 1 atom stereocenters. The van der Waals surface area contributed by atoms with Crippen molar-refractivity contribution in [2.24, 2.45) is 0 Å². The fraction of sp³-hybridized carbons (Fsp3) is 0.312. The zero-order valence-electron chi connectivity index (χ0n) is 12.2. The third-order valence-electron chi connectivity index (χ3n) is 3.73. The lowest BCUT2D eigenvalue weighted by molar-refractivity contribution is -0.128. The summed E-state index contributed by atoms with van der Waals surface area (Å²) in [5, 5.41) is -0.229. The summed E-state index contributed by atoms with van der Waals surface area (Å²) in [5.74, 6) is 0.0630. The molecule has 6 heteroatoms. The molecule has 1 aliphatic rings. The third kappa shape index (κ3) is 2.75. The van der Waals surface area contributed by atoms with Crippen molar-refractivity contribution in [3.8, 4) is 0 Å². The number of furan rings is 1. The van der Waals surface area contributed by atoms with Crippen LogP contribution in [0, 0.1) is 25.5 Å². The van der Waals surface area contributed by atoms with E-state index in [0.717, 1.165) is 23.5 Å². The van der Waals surface area contributed by atoms with E-state index in [9.17, 15) is 13.6 Å². The Bertz CT molecular complexity index is 709. The maximum absolute atomic E-state index is 13.3. The van der Waals surface area contributed by atoms with Crippen LogP contribution >= 0.6 is 11.8 Å². The Morgan fingerprint density at radius 3 is 2.68 bits per heavy atom. The molecule has 116 valence electrons. The number of rotatable bonds is 3. The lowest BCUT2D eigenvalue weighted by Crippen LogP contribution is -2.27. The molecule has 3 nitrogen and oxygen atoms in total. The number of carbonyl (C=O) groups is 1. The highest BCUT2D eigenvalue weighted by Crippen LogP contribution is 2.40. The maximum atomic E-state index is 13.3. The van der Waals surface area contributed by atoms with Crippen LogP contribution in [0.25, 0.3) is 0 Å². The van der Waals surface area contributed by atoms with Gasteiger partial charge in [-0.1, -0.05) is 6.07 Å². The van der Waals surface area contributed by atoms with E-state index >= 15 is 0 Å². The number of nitrogens with zero attached hydrogens (tertiary/aromatic N) is 1. The van der Waals surface area contributed by atoms with Crippen molar-refractivity contribution in [1.29, 1.82) is 0 Å². The second kappa shape index (κ2) is 5.76. The van der Waals surface area contributed by atoms with Crippen molar-refractivity contribution in [1.82, 2.24) is 4.90 Å². The molecule has 1 saturated heterocycles. The van der Waals surface area contributed by atoms with E-state index in [1.54, 1.807) is 4.90 Å². The second-order valence-electron chi connectivity index (χ2n) is 5.32. The van der Waals surface area contributed by atoms with Crippen molar-refractivity contribution in [3.63, 3.8) is 0 Å². The van der Waals surface area contributed by atoms with Crippen LogP contribution in [0.5, 0.6) is 0 Å². The Morgan fingerprint density at radius 2 is 2.05 bits per heavy atom. The minimum atomic E-state index is -0.905. The predicted octanol–water partition coefficient (Wildman–Crippen LogP) is 3.95. The van der Waals surface area contributed by atoms with Crippen LogP contribution in [-0.4, -0.2) is 16.6 Å². The van der Waals surface area contributed by atoms with Gasteiger partial charge in [0.2, 0.25) is 5.91 Å². The Kier molecular flexibility index (Phi) is 3.95. The molecule has 0 radical (unpaired) electrons. The Labute approximate surface area is 131 Å². The van der Waals surface area contributed by atoms with Crippen LogP contribution < -0.4 is 0 Å². The molecular weight excluding hydrogens is 308 g/mol. The van der Waals surface area contributed by atoms with Gasteiger partial charge >= 0.3 is 0 Å². The Morgan fingerprint density at radius 1 is 1.27 bits per heavy atom.